The number of benzene rings is 1. The number of unbranched alkanes of at least 4 members (excludes halogenated alkanes) is 2. The highest BCUT2D eigenvalue weighted by Gasteiger charge is 2.15. The van der Waals surface area contributed by atoms with E-state index in [0.29, 0.717) is 23.9 Å². The molecule has 26 heavy (non-hydrogen) atoms. The number of sulfone groups is 1. The minimum Gasteiger partial charge on any atom is -0.413 e. The third-order valence-electron chi connectivity index (χ3n) is 3.43. The van der Waals surface area contributed by atoms with Crippen LogP contribution in [-0.2, 0) is 21.1 Å². The van der Waals surface area contributed by atoms with Gasteiger partial charge in [0.1, 0.15) is 0 Å². The van der Waals surface area contributed by atoms with Crippen molar-refractivity contribution in [3.8, 4) is 0 Å². The Hall–Kier alpha value is -2.19. The number of aryl methyl sites for hydroxylation is 1. The van der Waals surface area contributed by atoms with Crippen LogP contribution < -0.4 is 5.32 Å². The third kappa shape index (κ3) is 6.97. The van der Waals surface area contributed by atoms with Crippen molar-refractivity contribution in [3.05, 3.63) is 46.8 Å². The summed E-state index contributed by atoms with van der Waals surface area (Å²) in [7, 11) is -3.46. The lowest BCUT2D eigenvalue weighted by atomic mass is 10.2. The molecule has 0 saturated carbocycles. The number of hydrogen-bond acceptors (Lipinski definition) is 6. The molecule has 2 aromatic rings. The van der Waals surface area contributed by atoms with Gasteiger partial charge in [0.25, 0.3) is 0 Å². The SMILES string of the molecule is CS(=O)(=O)c1nnc(CCCCCNC(=O)/C=C/c2ccc(Cl)cc2)o1. The van der Waals surface area contributed by atoms with Crippen LogP contribution in [-0.4, -0.2) is 37.3 Å². The summed E-state index contributed by atoms with van der Waals surface area (Å²) in [6.07, 6.45) is 7.14. The number of hydrogen-bond donors (Lipinski definition) is 1. The quantitative estimate of drug-likeness (QED) is 0.515. The molecule has 0 unspecified atom stereocenters. The summed E-state index contributed by atoms with van der Waals surface area (Å²) in [5.41, 5.74) is 0.901. The van der Waals surface area contributed by atoms with Crippen LogP contribution in [0.4, 0.5) is 0 Å². The molecule has 1 N–H and O–H groups in total. The molecule has 2 rings (SSSR count). The Balaban J connectivity index is 1.60. The molecule has 140 valence electrons. The van der Waals surface area contributed by atoms with Gasteiger partial charge in [-0.15, -0.1) is 5.10 Å². The summed E-state index contributed by atoms with van der Waals surface area (Å²) in [4.78, 5) is 11.7. The average molecular weight is 398 g/mol. The van der Waals surface area contributed by atoms with Gasteiger partial charge in [-0.2, -0.15) is 0 Å². The van der Waals surface area contributed by atoms with Gasteiger partial charge < -0.3 is 9.73 Å². The summed E-state index contributed by atoms with van der Waals surface area (Å²) >= 11 is 5.80. The molecule has 0 fully saturated rings. The van der Waals surface area contributed by atoms with Gasteiger partial charge in [-0.25, -0.2) is 8.42 Å². The first-order valence-electron chi connectivity index (χ1n) is 8.08. The Morgan fingerprint density at radius 3 is 2.58 bits per heavy atom. The van der Waals surface area contributed by atoms with E-state index in [4.69, 9.17) is 16.0 Å². The van der Waals surface area contributed by atoms with Crippen LogP contribution in [0.25, 0.3) is 6.08 Å². The first-order valence-corrected chi connectivity index (χ1v) is 10.4. The van der Waals surface area contributed by atoms with E-state index in [2.05, 4.69) is 15.5 Å². The monoisotopic (exact) mass is 397 g/mol. The largest absolute Gasteiger partial charge is 0.413 e. The van der Waals surface area contributed by atoms with Crippen LogP contribution in [0, 0.1) is 0 Å². The smallest absolute Gasteiger partial charge is 0.335 e. The number of aromatic nitrogens is 2. The molecule has 0 spiro atoms. The molecule has 0 saturated heterocycles. The zero-order chi connectivity index (χ0) is 19.0. The molecule has 7 nitrogen and oxygen atoms in total. The normalized spacial score (nSPS) is 11.8. The van der Waals surface area contributed by atoms with E-state index in [1.807, 2.05) is 12.1 Å². The van der Waals surface area contributed by atoms with Gasteiger partial charge in [0.15, 0.2) is 0 Å². The fraction of sp³-hybridized carbons (Fsp3) is 0.353. The van der Waals surface area contributed by atoms with Crippen molar-refractivity contribution >= 4 is 33.4 Å². The predicted molar refractivity (Wildman–Crippen MR) is 98.5 cm³/mol. The second-order valence-corrected chi connectivity index (χ2v) is 8.05. The molecule has 0 radical (unpaired) electrons. The number of halogens is 1. The van der Waals surface area contributed by atoms with E-state index < -0.39 is 9.84 Å². The maximum atomic E-state index is 11.7. The molecular weight excluding hydrogens is 378 g/mol. The molecule has 0 bridgehead atoms. The zero-order valence-corrected chi connectivity index (χ0v) is 15.9. The Labute approximate surface area is 157 Å². The summed E-state index contributed by atoms with van der Waals surface area (Å²) in [6, 6.07) is 7.19. The lowest BCUT2D eigenvalue weighted by molar-refractivity contribution is -0.116. The molecule has 0 aliphatic rings. The molecule has 1 aromatic heterocycles. The van der Waals surface area contributed by atoms with E-state index in [1.165, 1.54) is 6.08 Å². The van der Waals surface area contributed by atoms with Crippen molar-refractivity contribution in [3.63, 3.8) is 0 Å². The van der Waals surface area contributed by atoms with Gasteiger partial charge in [0.2, 0.25) is 21.6 Å². The third-order valence-corrected chi connectivity index (χ3v) is 4.48. The topological polar surface area (TPSA) is 102 Å². The Kier molecular flexibility index (Phi) is 7.35. The molecule has 0 atom stereocenters. The average Bonchev–Trinajstić information content (AvgIpc) is 3.07. The number of nitrogens with zero attached hydrogens (tertiary/aromatic N) is 2. The second kappa shape index (κ2) is 9.49. The van der Waals surface area contributed by atoms with E-state index >= 15 is 0 Å². The number of carbonyl (C=O) groups is 1. The van der Waals surface area contributed by atoms with Crippen LogP contribution in [0.5, 0.6) is 0 Å². The van der Waals surface area contributed by atoms with Crippen molar-refractivity contribution < 1.29 is 17.6 Å². The van der Waals surface area contributed by atoms with Crippen molar-refractivity contribution in [1.82, 2.24) is 15.5 Å². The Morgan fingerprint density at radius 1 is 1.19 bits per heavy atom. The standard InChI is InChI=1S/C17H20ClN3O4S/c1-26(23,24)17-21-20-16(25-17)5-3-2-4-12-19-15(22)11-8-13-6-9-14(18)10-7-13/h6-11H,2-5,12H2,1H3,(H,19,22)/b11-8+. The summed E-state index contributed by atoms with van der Waals surface area (Å²) in [5.74, 6) is 0.148. The first kappa shape index (κ1) is 20.1. The fourth-order valence-corrected chi connectivity index (χ4v) is 2.65. The number of nitrogens with one attached hydrogen (secondary N) is 1. The number of rotatable bonds is 9. The molecule has 9 heteroatoms. The van der Waals surface area contributed by atoms with Crippen molar-refractivity contribution in [1.29, 1.82) is 0 Å². The molecule has 0 aliphatic heterocycles. The number of amides is 1. The summed E-state index contributed by atoms with van der Waals surface area (Å²) in [5, 5.41) is 10.3. The summed E-state index contributed by atoms with van der Waals surface area (Å²) in [6.45, 7) is 0.558. The van der Waals surface area contributed by atoms with Gasteiger partial charge in [-0.3, -0.25) is 4.79 Å². The van der Waals surface area contributed by atoms with Crippen molar-refractivity contribution in [2.75, 3.05) is 12.8 Å². The predicted octanol–water partition coefficient (Wildman–Crippen LogP) is 2.67. The van der Waals surface area contributed by atoms with Crippen molar-refractivity contribution in [2.45, 2.75) is 30.9 Å². The van der Waals surface area contributed by atoms with Crippen LogP contribution >= 0.6 is 11.6 Å². The first-order chi connectivity index (χ1) is 12.3. The van der Waals surface area contributed by atoms with Gasteiger partial charge in [0, 0.05) is 30.3 Å². The van der Waals surface area contributed by atoms with Gasteiger partial charge in [0.05, 0.1) is 0 Å². The van der Waals surface area contributed by atoms with Crippen LogP contribution in [0.15, 0.2) is 40.0 Å². The lowest BCUT2D eigenvalue weighted by Gasteiger charge is -2.01. The highest BCUT2D eigenvalue weighted by Crippen LogP contribution is 2.11. The summed E-state index contributed by atoms with van der Waals surface area (Å²) < 4.78 is 27.5. The number of carbonyl (C=O) groups excluding carboxylic acids is 1. The van der Waals surface area contributed by atoms with Gasteiger partial charge in [-0.05, 0) is 36.6 Å². The Morgan fingerprint density at radius 2 is 1.92 bits per heavy atom. The molecule has 1 heterocycles. The maximum Gasteiger partial charge on any atom is 0.335 e. The van der Waals surface area contributed by atoms with Crippen LogP contribution in [0.1, 0.15) is 30.7 Å². The van der Waals surface area contributed by atoms with E-state index in [0.717, 1.165) is 31.1 Å². The minimum atomic E-state index is -3.46. The zero-order valence-electron chi connectivity index (χ0n) is 14.3. The molecular formula is C17H20ClN3O4S. The molecule has 0 aliphatic carbocycles. The second-order valence-electron chi connectivity index (χ2n) is 5.72. The van der Waals surface area contributed by atoms with Gasteiger partial charge >= 0.3 is 5.22 Å². The maximum absolute atomic E-state index is 11.7. The molecule has 1 amide bonds. The fourth-order valence-electron chi connectivity index (χ4n) is 2.08. The Bertz CT molecular complexity index is 860. The highest BCUT2D eigenvalue weighted by molar-refractivity contribution is 7.90. The lowest BCUT2D eigenvalue weighted by Crippen LogP contribution is -2.21. The van der Waals surface area contributed by atoms with E-state index in [1.54, 1.807) is 18.2 Å². The van der Waals surface area contributed by atoms with Crippen molar-refractivity contribution in [2.24, 2.45) is 0 Å². The van der Waals surface area contributed by atoms with Crippen LogP contribution in [0.3, 0.4) is 0 Å². The van der Waals surface area contributed by atoms with E-state index in [9.17, 15) is 13.2 Å². The van der Waals surface area contributed by atoms with Crippen LogP contribution in [0.2, 0.25) is 5.02 Å². The highest BCUT2D eigenvalue weighted by atomic mass is 35.5. The van der Waals surface area contributed by atoms with E-state index in [-0.39, 0.29) is 11.1 Å². The molecule has 1 aromatic carbocycles. The minimum absolute atomic E-state index is 0.158. The van der Waals surface area contributed by atoms with Gasteiger partial charge in [-0.1, -0.05) is 35.3 Å².